The smallest absolute Gasteiger partial charge is 0.238 e. The second-order valence-electron chi connectivity index (χ2n) is 5.61. The number of halogens is 1. The molecular weight excluding hydrogens is 299 g/mol. The molecule has 0 spiro atoms. The van der Waals surface area contributed by atoms with E-state index in [2.05, 4.69) is 10.6 Å². The van der Waals surface area contributed by atoms with Crippen molar-refractivity contribution in [2.45, 2.75) is 12.5 Å². The molecule has 1 heterocycles. The minimum atomic E-state index is -0.354. The van der Waals surface area contributed by atoms with E-state index in [9.17, 15) is 14.0 Å². The molecule has 0 aromatic heterocycles. The Labute approximate surface area is 135 Å². The van der Waals surface area contributed by atoms with Crippen molar-refractivity contribution in [3.05, 3.63) is 30.1 Å². The summed E-state index contributed by atoms with van der Waals surface area (Å²) in [6.07, 6.45) is 0.355. The summed E-state index contributed by atoms with van der Waals surface area (Å²) in [7, 11) is 3.45. The van der Waals surface area contributed by atoms with Crippen molar-refractivity contribution in [2.75, 3.05) is 45.2 Å². The maximum absolute atomic E-state index is 12.9. The minimum Gasteiger partial charge on any atom is -0.374 e. The summed E-state index contributed by atoms with van der Waals surface area (Å²) in [5.41, 5.74) is 0.864. The average Bonchev–Trinajstić information content (AvgIpc) is 2.59. The molecule has 0 aliphatic carbocycles. The molecule has 1 saturated heterocycles. The molecule has 2 rings (SSSR count). The third-order valence-electron chi connectivity index (χ3n) is 4.02. The van der Waals surface area contributed by atoms with Gasteiger partial charge < -0.3 is 20.4 Å². The molecule has 1 aliphatic rings. The summed E-state index contributed by atoms with van der Waals surface area (Å²) in [5.74, 6) is -0.361. The zero-order chi connectivity index (χ0) is 16.8. The van der Waals surface area contributed by atoms with Gasteiger partial charge in [-0.15, -0.1) is 0 Å². The van der Waals surface area contributed by atoms with Gasteiger partial charge in [0.25, 0.3) is 0 Å². The van der Waals surface area contributed by atoms with Gasteiger partial charge in [0, 0.05) is 52.4 Å². The summed E-state index contributed by atoms with van der Waals surface area (Å²) < 4.78 is 12.9. The Balaban J connectivity index is 1.84. The fourth-order valence-electron chi connectivity index (χ4n) is 2.57. The number of carbonyl (C=O) groups is 2. The quantitative estimate of drug-likeness (QED) is 0.813. The predicted molar refractivity (Wildman–Crippen MR) is 86.7 cm³/mol. The minimum absolute atomic E-state index is 0.0226. The van der Waals surface area contributed by atoms with Gasteiger partial charge in [0.15, 0.2) is 0 Å². The first-order valence-electron chi connectivity index (χ1n) is 7.70. The third-order valence-corrected chi connectivity index (χ3v) is 4.02. The number of hydrogen-bond acceptors (Lipinski definition) is 4. The lowest BCUT2D eigenvalue weighted by molar-refractivity contribution is -0.133. The van der Waals surface area contributed by atoms with Crippen LogP contribution in [0.1, 0.15) is 6.42 Å². The van der Waals surface area contributed by atoms with Gasteiger partial charge in [-0.25, -0.2) is 4.39 Å². The van der Waals surface area contributed by atoms with Crippen molar-refractivity contribution in [1.29, 1.82) is 0 Å². The number of hydrogen-bond donors (Lipinski definition) is 2. The molecule has 0 saturated carbocycles. The Bertz CT molecular complexity index is 550. The van der Waals surface area contributed by atoms with Crippen LogP contribution in [0.2, 0.25) is 0 Å². The Morgan fingerprint density at radius 1 is 1.39 bits per heavy atom. The molecule has 2 N–H and O–H groups in total. The van der Waals surface area contributed by atoms with Gasteiger partial charge in [0.05, 0.1) is 0 Å². The number of likely N-dealkylation sites (N-methyl/N-ethyl adjacent to an activating group) is 1. The van der Waals surface area contributed by atoms with Crippen molar-refractivity contribution in [1.82, 2.24) is 15.5 Å². The Morgan fingerprint density at radius 2 is 2.09 bits per heavy atom. The summed E-state index contributed by atoms with van der Waals surface area (Å²) in [6.45, 7) is 2.14. The van der Waals surface area contributed by atoms with Crippen LogP contribution < -0.4 is 15.5 Å². The van der Waals surface area contributed by atoms with Crippen LogP contribution in [0, 0.1) is 5.82 Å². The average molecular weight is 322 g/mol. The van der Waals surface area contributed by atoms with Crippen molar-refractivity contribution < 1.29 is 14.0 Å². The molecular formula is C16H23FN4O2. The molecule has 1 aromatic carbocycles. The first-order chi connectivity index (χ1) is 11.0. The van der Waals surface area contributed by atoms with Crippen LogP contribution >= 0.6 is 0 Å². The number of amides is 2. The van der Waals surface area contributed by atoms with Gasteiger partial charge in [-0.3, -0.25) is 9.59 Å². The van der Waals surface area contributed by atoms with Crippen LogP contribution in [0.5, 0.6) is 0 Å². The maximum Gasteiger partial charge on any atom is 0.238 e. The lowest BCUT2D eigenvalue weighted by Gasteiger charge is -2.33. The lowest BCUT2D eigenvalue weighted by atomic mass is 10.2. The highest BCUT2D eigenvalue weighted by molar-refractivity contribution is 5.83. The van der Waals surface area contributed by atoms with Crippen LogP contribution in [-0.2, 0) is 9.59 Å². The van der Waals surface area contributed by atoms with E-state index in [1.54, 1.807) is 24.1 Å². The van der Waals surface area contributed by atoms with Gasteiger partial charge >= 0.3 is 0 Å². The fourth-order valence-corrected chi connectivity index (χ4v) is 2.57. The SMILES string of the molecule is CNC(=O)[C@H]1CN(C(=O)CCN(C)c2ccc(F)cc2)CCN1. The second-order valence-corrected chi connectivity index (χ2v) is 5.61. The zero-order valence-corrected chi connectivity index (χ0v) is 13.5. The van der Waals surface area contributed by atoms with E-state index in [0.29, 0.717) is 32.6 Å². The predicted octanol–water partition coefficient (Wildman–Crippen LogP) is 0.198. The second kappa shape index (κ2) is 7.92. The van der Waals surface area contributed by atoms with E-state index in [1.807, 2.05) is 11.9 Å². The van der Waals surface area contributed by atoms with Gasteiger partial charge in [-0.2, -0.15) is 0 Å². The summed E-state index contributed by atoms with van der Waals surface area (Å²) in [5, 5.41) is 5.69. The van der Waals surface area contributed by atoms with Gasteiger partial charge in [0.2, 0.25) is 11.8 Å². The summed E-state index contributed by atoms with van der Waals surface area (Å²) in [4.78, 5) is 27.6. The van der Waals surface area contributed by atoms with E-state index in [4.69, 9.17) is 0 Å². The number of rotatable bonds is 5. The highest BCUT2D eigenvalue weighted by Gasteiger charge is 2.27. The summed E-state index contributed by atoms with van der Waals surface area (Å²) >= 11 is 0. The molecule has 0 radical (unpaired) electrons. The van der Waals surface area contributed by atoms with Crippen LogP contribution in [-0.4, -0.2) is 63.0 Å². The van der Waals surface area contributed by atoms with Gasteiger partial charge in [-0.1, -0.05) is 0 Å². The molecule has 6 nitrogen and oxygen atoms in total. The van der Waals surface area contributed by atoms with Crippen molar-refractivity contribution in [2.24, 2.45) is 0 Å². The molecule has 0 unspecified atom stereocenters. The van der Waals surface area contributed by atoms with E-state index < -0.39 is 0 Å². The molecule has 1 aliphatic heterocycles. The first kappa shape index (κ1) is 17.2. The third kappa shape index (κ3) is 4.66. The van der Waals surface area contributed by atoms with Gasteiger partial charge in [0.1, 0.15) is 11.9 Å². The Morgan fingerprint density at radius 3 is 2.74 bits per heavy atom. The first-order valence-corrected chi connectivity index (χ1v) is 7.70. The number of benzene rings is 1. The van der Waals surface area contributed by atoms with E-state index in [1.165, 1.54) is 12.1 Å². The molecule has 1 atom stereocenters. The van der Waals surface area contributed by atoms with Crippen LogP contribution in [0.4, 0.5) is 10.1 Å². The molecule has 23 heavy (non-hydrogen) atoms. The largest absolute Gasteiger partial charge is 0.374 e. The van der Waals surface area contributed by atoms with Crippen LogP contribution in [0.3, 0.4) is 0 Å². The van der Waals surface area contributed by atoms with Crippen molar-refractivity contribution in [3.63, 3.8) is 0 Å². The van der Waals surface area contributed by atoms with E-state index in [0.717, 1.165) is 5.69 Å². The summed E-state index contributed by atoms with van der Waals surface area (Å²) in [6, 6.07) is 5.82. The zero-order valence-electron chi connectivity index (χ0n) is 13.5. The Kier molecular flexibility index (Phi) is 5.92. The number of piperazine rings is 1. The normalized spacial score (nSPS) is 17.7. The number of nitrogens with one attached hydrogen (secondary N) is 2. The molecule has 1 fully saturated rings. The lowest BCUT2D eigenvalue weighted by Crippen LogP contribution is -2.58. The highest BCUT2D eigenvalue weighted by atomic mass is 19.1. The number of nitrogens with zero attached hydrogens (tertiary/aromatic N) is 2. The molecule has 126 valence electrons. The molecule has 0 bridgehead atoms. The number of anilines is 1. The number of carbonyl (C=O) groups excluding carboxylic acids is 2. The molecule has 7 heteroatoms. The standard InChI is InChI=1S/C16H23FN4O2/c1-18-16(23)14-11-21(10-8-19-14)15(22)7-9-20(2)13-5-3-12(17)4-6-13/h3-6,14,19H,7-11H2,1-2H3,(H,18,23)/t14-/m1/s1. The maximum atomic E-state index is 12.9. The highest BCUT2D eigenvalue weighted by Crippen LogP contribution is 2.13. The topological polar surface area (TPSA) is 64.7 Å². The fraction of sp³-hybridized carbons (Fsp3) is 0.500. The monoisotopic (exact) mass is 322 g/mol. The van der Waals surface area contributed by atoms with E-state index in [-0.39, 0.29) is 23.7 Å². The van der Waals surface area contributed by atoms with Crippen LogP contribution in [0.25, 0.3) is 0 Å². The Hall–Kier alpha value is -2.15. The van der Waals surface area contributed by atoms with Crippen molar-refractivity contribution >= 4 is 17.5 Å². The van der Waals surface area contributed by atoms with Gasteiger partial charge in [-0.05, 0) is 24.3 Å². The molecule has 2 amide bonds. The van der Waals surface area contributed by atoms with Crippen molar-refractivity contribution in [3.8, 4) is 0 Å². The van der Waals surface area contributed by atoms with Crippen LogP contribution in [0.15, 0.2) is 24.3 Å². The molecule has 1 aromatic rings. The van der Waals surface area contributed by atoms with E-state index >= 15 is 0 Å².